The van der Waals surface area contributed by atoms with Gasteiger partial charge in [-0.25, -0.2) is 4.79 Å². The number of allylic oxidation sites excluding steroid dienone is 1. The minimum absolute atomic E-state index is 0.476. The molecule has 1 aliphatic rings. The average Bonchev–Trinajstić information content (AvgIpc) is 1.77. The Morgan fingerprint density at radius 1 is 1.75 bits per heavy atom. The van der Waals surface area contributed by atoms with Crippen LogP contribution in [0.1, 0.15) is 6.92 Å². The molecule has 1 rings (SSSR count). The van der Waals surface area contributed by atoms with Crippen LogP contribution in [0.5, 0.6) is 0 Å². The predicted octanol–water partition coefficient (Wildman–Crippen LogP) is 0.502. The van der Waals surface area contributed by atoms with Crippen LogP contribution in [0.2, 0.25) is 0 Å². The van der Waals surface area contributed by atoms with Gasteiger partial charge in [0.15, 0.2) is 0 Å². The van der Waals surface area contributed by atoms with Crippen molar-refractivity contribution >= 4 is 12.2 Å². The van der Waals surface area contributed by atoms with E-state index in [0.29, 0.717) is 0 Å². The average molecular weight is 108 g/mol. The Labute approximate surface area is 47.1 Å². The molecule has 0 aromatic rings. The van der Waals surface area contributed by atoms with E-state index >= 15 is 0 Å². The summed E-state index contributed by atoms with van der Waals surface area (Å²) in [4.78, 5) is 13.5. The lowest BCUT2D eigenvalue weighted by atomic mass is 10.3. The summed E-state index contributed by atoms with van der Waals surface area (Å²) in [6.45, 7) is 1.78. The molecule has 0 atom stereocenters. The zero-order valence-electron chi connectivity index (χ0n) is 4.38. The molecule has 8 heavy (non-hydrogen) atoms. The second-order valence-electron chi connectivity index (χ2n) is 1.45. The van der Waals surface area contributed by atoms with Crippen molar-refractivity contribution in [3.8, 4) is 0 Å². The van der Waals surface area contributed by atoms with E-state index in [4.69, 9.17) is 0 Å². The number of urea groups is 1. The summed E-state index contributed by atoms with van der Waals surface area (Å²) in [6.07, 6.45) is 3.91. The molecule has 0 spiro atoms. The van der Waals surface area contributed by atoms with E-state index < -0.39 is 6.03 Å². The topological polar surface area (TPSA) is 43.5 Å². The third kappa shape index (κ3) is 0.932. The highest BCUT2D eigenvalue weighted by Crippen LogP contribution is 1.91. The first-order valence-corrected chi connectivity index (χ1v) is 2.17. The maximum absolute atomic E-state index is 10.2. The number of carbonyl (C=O) groups excluding carboxylic acids is 1. The van der Waals surface area contributed by atoms with E-state index in [1.165, 1.54) is 6.21 Å². The molecule has 40 valence electrons. The molecule has 0 N–H and O–H groups in total. The van der Waals surface area contributed by atoms with Crippen molar-refractivity contribution in [1.29, 1.82) is 0 Å². The Morgan fingerprint density at radius 3 is 2.88 bits per heavy atom. The molecule has 0 aliphatic carbocycles. The van der Waals surface area contributed by atoms with Crippen LogP contribution in [0.25, 0.3) is 0 Å². The lowest BCUT2D eigenvalue weighted by Crippen LogP contribution is -2.10. The van der Waals surface area contributed by atoms with Gasteiger partial charge < -0.3 is 0 Å². The lowest BCUT2D eigenvalue weighted by molar-refractivity contribution is 0.251. The number of rotatable bonds is 0. The molecule has 0 saturated heterocycles. The van der Waals surface area contributed by atoms with E-state index in [1.807, 2.05) is 0 Å². The number of aliphatic imine (C=N–C) groups is 1. The molecule has 2 radical (unpaired) electrons. The molecular formula is C5H4N2O. The van der Waals surface area contributed by atoms with Gasteiger partial charge >= 0.3 is 6.03 Å². The molecule has 0 aromatic carbocycles. The number of amides is 2. The number of carbonyl (C=O) groups is 1. The number of hydrogen-bond donors (Lipinski definition) is 0. The lowest BCUT2D eigenvalue weighted by Gasteiger charge is -1.94. The van der Waals surface area contributed by atoms with E-state index in [2.05, 4.69) is 16.5 Å². The fraction of sp³-hybridized carbons (Fsp3) is 0.200. The Hall–Kier alpha value is -1.12. The van der Waals surface area contributed by atoms with Crippen molar-refractivity contribution < 1.29 is 4.79 Å². The van der Waals surface area contributed by atoms with Gasteiger partial charge in [0.2, 0.25) is 0 Å². The van der Waals surface area contributed by atoms with Crippen molar-refractivity contribution in [2.45, 2.75) is 6.92 Å². The van der Waals surface area contributed by atoms with E-state index in [9.17, 15) is 4.79 Å². The van der Waals surface area contributed by atoms with Gasteiger partial charge in [-0.15, -0.1) is 0 Å². The van der Waals surface area contributed by atoms with Gasteiger partial charge in [0.25, 0.3) is 0 Å². The van der Waals surface area contributed by atoms with Crippen LogP contribution in [0.4, 0.5) is 4.79 Å². The summed E-state index contributed by atoms with van der Waals surface area (Å²) in [5.74, 6) is 0. The molecule has 0 fully saturated rings. The standard InChI is InChI=1S/C5H4N2O/c1-4-2-6-5(8)7-3-4/h2H,1H3. The van der Waals surface area contributed by atoms with Crippen molar-refractivity contribution in [1.82, 2.24) is 5.32 Å². The van der Waals surface area contributed by atoms with E-state index in [1.54, 1.807) is 6.92 Å². The first-order valence-electron chi connectivity index (χ1n) is 2.17. The SMILES string of the molecule is CC1=[C][N]C(=O)N=C1. The summed E-state index contributed by atoms with van der Waals surface area (Å²) in [6, 6.07) is -0.476. The highest BCUT2D eigenvalue weighted by molar-refractivity contribution is 5.92. The van der Waals surface area contributed by atoms with Crippen LogP contribution in [0, 0.1) is 6.20 Å². The molecule has 3 nitrogen and oxygen atoms in total. The molecule has 1 aliphatic heterocycles. The summed E-state index contributed by atoms with van der Waals surface area (Å²) < 4.78 is 0. The molecule has 0 aromatic heterocycles. The Balaban J connectivity index is 2.71. The van der Waals surface area contributed by atoms with Crippen molar-refractivity contribution in [3.63, 3.8) is 0 Å². The summed E-state index contributed by atoms with van der Waals surface area (Å²) >= 11 is 0. The minimum atomic E-state index is -0.476. The van der Waals surface area contributed by atoms with Crippen LogP contribution in [-0.4, -0.2) is 12.2 Å². The number of nitrogens with zero attached hydrogens (tertiary/aromatic N) is 2. The van der Waals surface area contributed by atoms with E-state index in [0.717, 1.165) is 5.57 Å². The highest BCUT2D eigenvalue weighted by atomic mass is 16.2. The molecule has 0 bridgehead atoms. The van der Waals surface area contributed by atoms with Gasteiger partial charge in [0.1, 0.15) is 0 Å². The zero-order valence-corrected chi connectivity index (χ0v) is 4.38. The van der Waals surface area contributed by atoms with Crippen LogP contribution in [0.15, 0.2) is 10.6 Å². The normalized spacial score (nSPS) is 17.6. The molecule has 3 heteroatoms. The Bertz CT molecular complexity index is 167. The van der Waals surface area contributed by atoms with Crippen LogP contribution >= 0.6 is 0 Å². The maximum Gasteiger partial charge on any atom is 0.367 e. The first kappa shape index (κ1) is 5.03. The van der Waals surface area contributed by atoms with Crippen LogP contribution in [-0.2, 0) is 0 Å². The van der Waals surface area contributed by atoms with Gasteiger partial charge in [0, 0.05) is 6.21 Å². The molecule has 0 unspecified atom stereocenters. The van der Waals surface area contributed by atoms with Crippen LogP contribution < -0.4 is 5.32 Å². The highest BCUT2D eigenvalue weighted by Gasteiger charge is 2.00. The quantitative estimate of drug-likeness (QED) is 0.445. The van der Waals surface area contributed by atoms with Gasteiger partial charge in [-0.05, 0) is 12.5 Å². The van der Waals surface area contributed by atoms with Gasteiger partial charge in [-0.2, -0.15) is 10.3 Å². The molecule has 1 heterocycles. The molecule has 2 amide bonds. The summed E-state index contributed by atoms with van der Waals surface area (Å²) in [7, 11) is 0. The number of hydrogen-bond acceptors (Lipinski definition) is 1. The summed E-state index contributed by atoms with van der Waals surface area (Å²) in [5.41, 5.74) is 0.782. The summed E-state index contributed by atoms with van der Waals surface area (Å²) in [5, 5.41) is 3.29. The fourth-order valence-corrected chi connectivity index (χ4v) is 0.346. The molecule has 0 saturated carbocycles. The third-order valence-electron chi connectivity index (χ3n) is 0.697. The smallest absolute Gasteiger partial charge is 0.244 e. The monoisotopic (exact) mass is 108 g/mol. The first-order chi connectivity index (χ1) is 3.79. The van der Waals surface area contributed by atoms with Gasteiger partial charge in [-0.1, -0.05) is 0 Å². The van der Waals surface area contributed by atoms with Crippen molar-refractivity contribution in [2.75, 3.05) is 0 Å². The Kier molecular flexibility index (Phi) is 1.12. The van der Waals surface area contributed by atoms with E-state index in [-0.39, 0.29) is 0 Å². The van der Waals surface area contributed by atoms with Crippen LogP contribution in [0.3, 0.4) is 0 Å². The third-order valence-corrected chi connectivity index (χ3v) is 0.697. The van der Waals surface area contributed by atoms with Gasteiger partial charge in [0.05, 0.1) is 6.20 Å². The second-order valence-corrected chi connectivity index (χ2v) is 1.45. The zero-order chi connectivity index (χ0) is 5.98. The van der Waals surface area contributed by atoms with Crippen molar-refractivity contribution in [3.05, 3.63) is 11.8 Å². The second kappa shape index (κ2) is 1.78. The predicted molar refractivity (Wildman–Crippen MR) is 28.5 cm³/mol. The fourth-order valence-electron chi connectivity index (χ4n) is 0.346. The Morgan fingerprint density at radius 2 is 2.50 bits per heavy atom. The largest absolute Gasteiger partial charge is 0.367 e. The van der Waals surface area contributed by atoms with Crippen molar-refractivity contribution in [2.24, 2.45) is 4.99 Å². The van der Waals surface area contributed by atoms with Gasteiger partial charge in [-0.3, -0.25) is 0 Å². The maximum atomic E-state index is 10.2. The molecular weight excluding hydrogens is 104 g/mol. The minimum Gasteiger partial charge on any atom is -0.244 e.